The standard InChI is InChI=1S/C87H71N5/c1-8-75(36-25-59(2)3)89(76-37-26-60(4)27-38-76)85-55-86(63(7)87(56-85)92(77-39-28-61(5)29-40-77)78-41-30-62(6)31-42-78)74-47-73(57-88-58-74)72-52-83(90(79-43-32-64-17-9-13-21-68(64)48-79)80-44-33-65-18-10-14-22-69(65)49-80)54-84(53-72)91(81-45-34-66-19-11-15-23-70(66)50-81)82-46-35-67-20-12-16-24-71(67)51-82/h1,9-58,63,86H,2-7H3/b75-36+. The lowest BCUT2D eigenvalue weighted by atomic mass is 9.80. The molecular formula is C87H71N5. The number of nitrogens with zero attached hydrogens (tertiary/aromatic N) is 5. The Morgan fingerprint density at radius 2 is 0.783 bits per heavy atom. The highest BCUT2D eigenvalue weighted by atomic mass is 15.2. The zero-order valence-corrected chi connectivity index (χ0v) is 52.8. The van der Waals surface area contributed by atoms with E-state index in [2.05, 4.69) is 364 Å². The maximum Gasteiger partial charge on any atom is 0.0966 e. The second kappa shape index (κ2) is 25.2. The number of aromatic nitrogens is 1. The van der Waals surface area contributed by atoms with E-state index in [1.54, 1.807) is 0 Å². The zero-order valence-electron chi connectivity index (χ0n) is 52.8. The van der Waals surface area contributed by atoms with Crippen LogP contribution in [0.25, 0.3) is 54.2 Å². The van der Waals surface area contributed by atoms with E-state index in [-0.39, 0.29) is 11.8 Å². The molecule has 0 spiro atoms. The molecule has 2 unspecified atom stereocenters. The summed E-state index contributed by atoms with van der Waals surface area (Å²) in [7, 11) is 0. The molecule has 0 N–H and O–H groups in total. The summed E-state index contributed by atoms with van der Waals surface area (Å²) in [6.45, 7) is 13.0. The summed E-state index contributed by atoms with van der Waals surface area (Å²) >= 11 is 0. The number of allylic oxidation sites excluding steroid dienone is 7. The van der Waals surface area contributed by atoms with Crippen molar-refractivity contribution in [2.45, 2.75) is 47.5 Å². The fourth-order valence-corrected chi connectivity index (χ4v) is 13.0. The summed E-state index contributed by atoms with van der Waals surface area (Å²) in [6, 6.07) is 97.6. The van der Waals surface area contributed by atoms with E-state index in [0.29, 0.717) is 0 Å². The average Bonchev–Trinajstić information content (AvgIpc) is 0.794. The Bertz CT molecular complexity index is 4710. The second-order valence-electron chi connectivity index (χ2n) is 24.6. The van der Waals surface area contributed by atoms with Crippen molar-refractivity contribution in [1.29, 1.82) is 0 Å². The molecule has 0 radical (unpaired) electrons. The number of hydrogen-bond acceptors (Lipinski definition) is 5. The van der Waals surface area contributed by atoms with Gasteiger partial charge in [0.2, 0.25) is 0 Å². The van der Waals surface area contributed by atoms with E-state index < -0.39 is 0 Å². The minimum absolute atomic E-state index is 0.0659. The van der Waals surface area contributed by atoms with Crippen molar-refractivity contribution in [3.63, 3.8) is 0 Å². The molecule has 1 aromatic heterocycles. The van der Waals surface area contributed by atoms with E-state index >= 15 is 0 Å². The summed E-state index contributed by atoms with van der Waals surface area (Å²) in [5.41, 5.74) is 19.8. The topological polar surface area (TPSA) is 25.9 Å². The third-order valence-corrected chi connectivity index (χ3v) is 17.9. The molecule has 13 aromatic rings. The molecule has 0 fully saturated rings. The molecule has 92 heavy (non-hydrogen) atoms. The first-order chi connectivity index (χ1) is 45.0. The Labute approximate surface area is 541 Å². The monoisotopic (exact) mass is 1190 g/mol. The molecule has 1 heterocycles. The van der Waals surface area contributed by atoms with Crippen molar-refractivity contribution >= 4 is 94.3 Å². The predicted octanol–water partition coefficient (Wildman–Crippen LogP) is 23.6. The third kappa shape index (κ3) is 11.9. The van der Waals surface area contributed by atoms with Crippen molar-refractivity contribution in [1.82, 2.24) is 4.98 Å². The van der Waals surface area contributed by atoms with E-state index in [4.69, 9.17) is 11.4 Å². The molecule has 12 aromatic carbocycles. The van der Waals surface area contributed by atoms with Crippen molar-refractivity contribution < 1.29 is 0 Å². The van der Waals surface area contributed by atoms with Gasteiger partial charge in [-0.25, -0.2) is 0 Å². The lowest BCUT2D eigenvalue weighted by molar-refractivity contribution is 0.580. The second-order valence-corrected chi connectivity index (χ2v) is 24.6. The van der Waals surface area contributed by atoms with Gasteiger partial charge in [0, 0.05) is 92.4 Å². The molecule has 0 saturated carbocycles. The van der Waals surface area contributed by atoms with Crippen molar-refractivity contribution in [3.8, 4) is 23.5 Å². The van der Waals surface area contributed by atoms with Gasteiger partial charge in [-0.3, -0.25) is 4.98 Å². The lowest BCUT2D eigenvalue weighted by Crippen LogP contribution is -2.31. The Morgan fingerprint density at radius 1 is 0.391 bits per heavy atom. The molecule has 1 aliphatic carbocycles. The van der Waals surface area contributed by atoms with Crippen LogP contribution in [0.5, 0.6) is 0 Å². The molecule has 0 saturated heterocycles. The Kier molecular flexibility index (Phi) is 16.0. The molecule has 5 nitrogen and oxygen atoms in total. The van der Waals surface area contributed by atoms with Crippen LogP contribution in [0, 0.1) is 39.0 Å². The van der Waals surface area contributed by atoms with E-state index in [1.165, 1.54) is 38.2 Å². The van der Waals surface area contributed by atoms with Gasteiger partial charge in [-0.05, 0) is 210 Å². The molecule has 14 rings (SSSR count). The largest absolute Gasteiger partial charge is 0.314 e. The van der Waals surface area contributed by atoms with Crippen molar-refractivity contribution in [2.24, 2.45) is 5.92 Å². The SMILES string of the molecule is C#C/C(=C\C=C(C)C)N(C1=CC(c2cncc(-c3cc(N(c4ccc5ccccc5c4)c4ccc5ccccc5c4)cc(N(c4ccc5ccccc5c4)c4ccc5ccccc5c4)c3)c2)C(C)C(N(c2ccc(C)cc2)c2ccc(C)cc2)=C1)c1ccc(C)cc1. The third-order valence-electron chi connectivity index (χ3n) is 17.9. The summed E-state index contributed by atoms with van der Waals surface area (Å²) in [4.78, 5) is 14.8. The van der Waals surface area contributed by atoms with Gasteiger partial charge in [0.15, 0.2) is 0 Å². The van der Waals surface area contributed by atoms with Crippen molar-refractivity contribution in [2.75, 3.05) is 19.6 Å². The first kappa shape index (κ1) is 58.2. The van der Waals surface area contributed by atoms with Crippen LogP contribution in [0.3, 0.4) is 0 Å². The number of pyridine rings is 1. The molecular weight excluding hydrogens is 1110 g/mol. The van der Waals surface area contributed by atoms with Gasteiger partial charge in [0.25, 0.3) is 0 Å². The van der Waals surface area contributed by atoms with Gasteiger partial charge in [-0.2, -0.15) is 0 Å². The average molecular weight is 1190 g/mol. The van der Waals surface area contributed by atoms with Crippen LogP contribution in [0.2, 0.25) is 0 Å². The molecule has 444 valence electrons. The highest BCUT2D eigenvalue weighted by Crippen LogP contribution is 2.48. The smallest absolute Gasteiger partial charge is 0.0966 e. The van der Waals surface area contributed by atoms with Gasteiger partial charge >= 0.3 is 0 Å². The number of hydrogen-bond donors (Lipinski definition) is 0. The molecule has 0 bridgehead atoms. The molecule has 2 atom stereocenters. The fourth-order valence-electron chi connectivity index (χ4n) is 13.0. The van der Waals surface area contributed by atoms with Crippen LogP contribution in [0.15, 0.2) is 326 Å². The number of benzene rings is 12. The van der Waals surface area contributed by atoms with E-state index in [1.807, 2.05) is 6.20 Å². The minimum Gasteiger partial charge on any atom is -0.314 e. The fraction of sp³-hybridized carbons (Fsp3) is 0.0920. The Balaban J connectivity index is 1.01. The summed E-state index contributed by atoms with van der Waals surface area (Å²) < 4.78 is 0. The zero-order chi connectivity index (χ0) is 62.8. The van der Waals surface area contributed by atoms with E-state index in [9.17, 15) is 0 Å². The normalized spacial score (nSPS) is 13.9. The summed E-state index contributed by atoms with van der Waals surface area (Å²) in [6.07, 6.45) is 19.7. The Morgan fingerprint density at radius 3 is 1.18 bits per heavy atom. The van der Waals surface area contributed by atoms with Gasteiger partial charge < -0.3 is 19.6 Å². The van der Waals surface area contributed by atoms with Crippen LogP contribution in [0.1, 0.15) is 48.9 Å². The predicted molar refractivity (Wildman–Crippen MR) is 392 cm³/mol. The molecule has 0 aliphatic heterocycles. The molecule has 1 aliphatic rings. The Hall–Kier alpha value is -11.5. The van der Waals surface area contributed by atoms with Gasteiger partial charge in [0.05, 0.1) is 5.70 Å². The number of rotatable bonds is 15. The first-order valence-corrected chi connectivity index (χ1v) is 31.7. The van der Waals surface area contributed by atoms with Crippen molar-refractivity contribution in [3.05, 3.63) is 349 Å². The quantitative estimate of drug-likeness (QED) is 0.0753. The first-order valence-electron chi connectivity index (χ1n) is 31.7. The van der Waals surface area contributed by atoms with Crippen LogP contribution in [0.4, 0.5) is 51.2 Å². The lowest BCUT2D eigenvalue weighted by Gasteiger charge is -2.39. The summed E-state index contributed by atoms with van der Waals surface area (Å²) in [5.74, 6) is 2.88. The van der Waals surface area contributed by atoms with Gasteiger partial charge in [-0.15, -0.1) is 6.42 Å². The number of fused-ring (bicyclic) bond motifs is 4. The van der Waals surface area contributed by atoms with Crippen LogP contribution < -0.4 is 19.6 Å². The number of anilines is 9. The van der Waals surface area contributed by atoms with Crippen LogP contribution in [-0.4, -0.2) is 4.98 Å². The number of aryl methyl sites for hydroxylation is 3. The van der Waals surface area contributed by atoms with Crippen LogP contribution in [-0.2, 0) is 0 Å². The van der Waals surface area contributed by atoms with Gasteiger partial charge in [-0.1, -0.05) is 205 Å². The highest BCUT2D eigenvalue weighted by Gasteiger charge is 2.33. The van der Waals surface area contributed by atoms with Crippen LogP contribution >= 0.6 is 0 Å². The molecule has 0 amide bonds. The number of terminal acetylenes is 1. The maximum atomic E-state index is 6.64. The van der Waals surface area contributed by atoms with E-state index in [0.717, 1.165) is 112 Å². The summed E-state index contributed by atoms with van der Waals surface area (Å²) in [5, 5.41) is 9.36. The molecule has 5 heteroatoms. The highest BCUT2D eigenvalue weighted by molar-refractivity contribution is 5.97. The maximum absolute atomic E-state index is 6.64. The minimum atomic E-state index is -0.188. The van der Waals surface area contributed by atoms with Gasteiger partial charge in [0.1, 0.15) is 0 Å².